The second-order valence-electron chi connectivity index (χ2n) is 8.49. The highest BCUT2D eigenvalue weighted by Gasteiger charge is 2.31. The lowest BCUT2D eigenvalue weighted by Crippen LogP contribution is -2.49. The highest BCUT2D eigenvalue weighted by atomic mass is 19.1. The fourth-order valence-corrected chi connectivity index (χ4v) is 4.61. The molecule has 0 aliphatic carbocycles. The van der Waals surface area contributed by atoms with Crippen LogP contribution in [0.5, 0.6) is 11.8 Å². The van der Waals surface area contributed by atoms with Crippen LogP contribution >= 0.6 is 0 Å². The molecule has 2 aliphatic heterocycles. The number of anilines is 1. The monoisotopic (exact) mass is 455 g/mol. The molecule has 33 heavy (non-hydrogen) atoms. The van der Waals surface area contributed by atoms with Crippen molar-refractivity contribution in [1.29, 1.82) is 0 Å². The molecule has 0 saturated carbocycles. The van der Waals surface area contributed by atoms with E-state index in [9.17, 15) is 14.3 Å². The molecular formula is C24H30FN5O3. The predicted molar refractivity (Wildman–Crippen MR) is 123 cm³/mol. The second kappa shape index (κ2) is 9.35. The summed E-state index contributed by atoms with van der Waals surface area (Å²) in [5.41, 5.74) is 5.24. The molecule has 9 heteroatoms. The number of benzene rings is 1. The maximum atomic E-state index is 13.2. The molecule has 0 unspecified atom stereocenters. The lowest BCUT2D eigenvalue weighted by atomic mass is 9.98. The number of aryl methyl sites for hydroxylation is 1. The van der Waals surface area contributed by atoms with Crippen LogP contribution in [0.15, 0.2) is 24.5 Å². The van der Waals surface area contributed by atoms with Crippen LogP contribution < -0.4 is 9.64 Å². The molecule has 1 amide bonds. The van der Waals surface area contributed by atoms with Gasteiger partial charge in [-0.15, -0.1) is 0 Å². The summed E-state index contributed by atoms with van der Waals surface area (Å²) in [5, 5.41) is 10.2. The van der Waals surface area contributed by atoms with Gasteiger partial charge in [0.15, 0.2) is 5.83 Å². The van der Waals surface area contributed by atoms with E-state index < -0.39 is 11.7 Å². The van der Waals surface area contributed by atoms with Crippen molar-refractivity contribution in [1.82, 2.24) is 19.8 Å². The summed E-state index contributed by atoms with van der Waals surface area (Å²) in [6.07, 6.45) is 0.893. The molecule has 0 spiro atoms. The van der Waals surface area contributed by atoms with E-state index >= 15 is 0 Å². The number of aromatic hydroxyl groups is 1. The lowest BCUT2D eigenvalue weighted by Gasteiger charge is -2.35. The van der Waals surface area contributed by atoms with Crippen molar-refractivity contribution in [3.05, 3.63) is 52.5 Å². The summed E-state index contributed by atoms with van der Waals surface area (Å²) in [7, 11) is 1.55. The van der Waals surface area contributed by atoms with Gasteiger partial charge in [-0.1, -0.05) is 19.6 Å². The third-order valence-electron chi connectivity index (χ3n) is 6.52. The van der Waals surface area contributed by atoms with Gasteiger partial charge in [0.25, 0.3) is 5.91 Å². The number of piperazine rings is 1. The minimum atomic E-state index is -0.933. The average molecular weight is 456 g/mol. The Bertz CT molecular complexity index is 1080. The van der Waals surface area contributed by atoms with E-state index in [2.05, 4.69) is 33.3 Å². The number of fused-ring (bicyclic) bond motifs is 1. The van der Waals surface area contributed by atoms with Crippen molar-refractivity contribution in [2.75, 3.05) is 38.2 Å². The summed E-state index contributed by atoms with van der Waals surface area (Å²) in [4.78, 5) is 27.0. The fourth-order valence-electron chi connectivity index (χ4n) is 4.61. The topological polar surface area (TPSA) is 82.0 Å². The van der Waals surface area contributed by atoms with Crippen LogP contribution in [0.3, 0.4) is 0 Å². The number of nitrogens with zero attached hydrogens (tertiary/aromatic N) is 5. The van der Waals surface area contributed by atoms with E-state index in [-0.39, 0.29) is 0 Å². The summed E-state index contributed by atoms with van der Waals surface area (Å²) in [5.74, 6) is -0.477. The Hall–Kier alpha value is -3.20. The van der Waals surface area contributed by atoms with Crippen molar-refractivity contribution in [3.8, 4) is 11.8 Å². The number of hydrogen-bond donors (Lipinski definition) is 1. The van der Waals surface area contributed by atoms with Crippen LogP contribution in [-0.2, 0) is 30.8 Å². The van der Waals surface area contributed by atoms with Crippen LogP contribution in [0.25, 0.3) is 0 Å². The maximum absolute atomic E-state index is 13.2. The van der Waals surface area contributed by atoms with Gasteiger partial charge in [0.1, 0.15) is 11.6 Å². The van der Waals surface area contributed by atoms with Crippen LogP contribution in [-0.4, -0.2) is 64.1 Å². The standard InChI is InChI=1S/C24H30FN5O3/c1-5-17-6-7-21(31)15(2)18(17)12-28-13-19-20(14-28)26-24(33-4)27-22(19)29-8-10-30(11-9-29)23(32)16(3)25/h6-7,31H,3,5,8-14H2,1-2,4H3. The van der Waals surface area contributed by atoms with Gasteiger partial charge < -0.3 is 19.6 Å². The van der Waals surface area contributed by atoms with Gasteiger partial charge in [0, 0.05) is 51.4 Å². The number of halogens is 1. The Morgan fingerprint density at radius 1 is 1.21 bits per heavy atom. The molecule has 0 bridgehead atoms. The van der Waals surface area contributed by atoms with Crippen molar-refractivity contribution in [3.63, 3.8) is 0 Å². The van der Waals surface area contributed by atoms with Gasteiger partial charge >= 0.3 is 6.01 Å². The largest absolute Gasteiger partial charge is 0.508 e. The molecule has 1 aromatic carbocycles. The molecule has 8 nitrogen and oxygen atoms in total. The van der Waals surface area contributed by atoms with Crippen LogP contribution in [0, 0.1) is 6.92 Å². The van der Waals surface area contributed by atoms with E-state index in [0.29, 0.717) is 57.6 Å². The molecule has 0 atom stereocenters. The van der Waals surface area contributed by atoms with Crippen molar-refractivity contribution >= 4 is 11.7 Å². The Kier molecular flexibility index (Phi) is 6.51. The molecule has 3 heterocycles. The third-order valence-corrected chi connectivity index (χ3v) is 6.52. The zero-order valence-corrected chi connectivity index (χ0v) is 19.4. The molecule has 1 fully saturated rings. The molecule has 1 saturated heterocycles. The highest BCUT2D eigenvalue weighted by Crippen LogP contribution is 2.34. The van der Waals surface area contributed by atoms with Crippen molar-refractivity contribution in [2.24, 2.45) is 0 Å². The minimum Gasteiger partial charge on any atom is -0.508 e. The Morgan fingerprint density at radius 3 is 2.58 bits per heavy atom. The first-order valence-corrected chi connectivity index (χ1v) is 11.2. The molecule has 4 rings (SSSR count). The van der Waals surface area contributed by atoms with Gasteiger partial charge in [-0.3, -0.25) is 9.69 Å². The molecule has 1 aromatic heterocycles. The number of phenolic OH excluding ortho intramolecular Hbond substituents is 1. The van der Waals surface area contributed by atoms with Crippen LogP contribution in [0.4, 0.5) is 10.2 Å². The SMILES string of the molecule is C=C(F)C(=O)N1CCN(c2nc(OC)nc3c2CN(Cc2c(CC)ccc(O)c2C)C3)CC1. The van der Waals surface area contributed by atoms with E-state index in [0.717, 1.165) is 34.6 Å². The highest BCUT2D eigenvalue weighted by molar-refractivity contribution is 5.90. The van der Waals surface area contributed by atoms with Crippen LogP contribution in [0.1, 0.15) is 34.9 Å². The van der Waals surface area contributed by atoms with Gasteiger partial charge in [-0.25, -0.2) is 4.39 Å². The molecule has 2 aliphatic rings. The number of carbonyl (C=O) groups is 1. The number of rotatable bonds is 6. The van der Waals surface area contributed by atoms with E-state index in [1.165, 1.54) is 10.5 Å². The minimum absolute atomic E-state index is 0.309. The first-order valence-electron chi connectivity index (χ1n) is 11.2. The maximum Gasteiger partial charge on any atom is 0.318 e. The van der Waals surface area contributed by atoms with Crippen molar-refractivity contribution in [2.45, 2.75) is 39.9 Å². The molecule has 176 valence electrons. The molecule has 2 aromatic rings. The van der Waals surface area contributed by atoms with Gasteiger partial charge in [-0.05, 0) is 36.1 Å². The first-order chi connectivity index (χ1) is 15.8. The molecule has 0 radical (unpaired) electrons. The predicted octanol–water partition coefficient (Wildman–Crippen LogP) is 2.71. The Balaban J connectivity index is 1.56. The quantitative estimate of drug-likeness (QED) is 0.671. The zero-order valence-electron chi connectivity index (χ0n) is 19.4. The van der Waals surface area contributed by atoms with E-state index in [4.69, 9.17) is 4.74 Å². The first kappa shape index (κ1) is 23.0. The fraction of sp³-hybridized carbons (Fsp3) is 0.458. The molecule has 1 N–H and O–H groups in total. The van der Waals surface area contributed by atoms with E-state index in [1.807, 2.05) is 13.0 Å². The normalized spacial score (nSPS) is 16.1. The van der Waals surface area contributed by atoms with Crippen LogP contribution in [0.2, 0.25) is 0 Å². The second-order valence-corrected chi connectivity index (χ2v) is 8.49. The van der Waals surface area contributed by atoms with Gasteiger partial charge in [0.2, 0.25) is 0 Å². The number of amides is 1. The Morgan fingerprint density at radius 2 is 1.94 bits per heavy atom. The molecular weight excluding hydrogens is 425 g/mol. The number of methoxy groups -OCH3 is 1. The summed E-state index contributed by atoms with van der Waals surface area (Å²) < 4.78 is 18.6. The zero-order chi connectivity index (χ0) is 23.7. The van der Waals surface area contributed by atoms with Gasteiger partial charge in [-0.2, -0.15) is 9.97 Å². The number of hydrogen-bond acceptors (Lipinski definition) is 7. The summed E-state index contributed by atoms with van der Waals surface area (Å²) >= 11 is 0. The van der Waals surface area contributed by atoms with Gasteiger partial charge in [0.05, 0.1) is 12.8 Å². The smallest absolute Gasteiger partial charge is 0.318 e. The van der Waals surface area contributed by atoms with E-state index in [1.54, 1.807) is 13.2 Å². The summed E-state index contributed by atoms with van der Waals surface area (Å²) in [6, 6.07) is 4.05. The summed E-state index contributed by atoms with van der Waals surface area (Å²) in [6.45, 7) is 11.1. The van der Waals surface area contributed by atoms with Crippen molar-refractivity contribution < 1.29 is 19.0 Å². The number of ether oxygens (including phenoxy) is 1. The third kappa shape index (κ3) is 4.50. The number of phenols is 1. The number of carbonyl (C=O) groups excluding carboxylic acids is 1. The lowest BCUT2D eigenvalue weighted by molar-refractivity contribution is -0.128. The number of aromatic nitrogens is 2. The average Bonchev–Trinajstić information content (AvgIpc) is 3.23. The Labute approximate surface area is 193 Å².